The predicted octanol–water partition coefficient (Wildman–Crippen LogP) is 2.89. The van der Waals surface area contributed by atoms with Crippen molar-refractivity contribution in [1.82, 2.24) is 20.3 Å². The maximum absolute atomic E-state index is 12.8. The summed E-state index contributed by atoms with van der Waals surface area (Å²) >= 11 is 0. The second-order valence-electron chi connectivity index (χ2n) is 7.59. The van der Waals surface area contributed by atoms with Gasteiger partial charge in [-0.2, -0.15) is 5.26 Å². The van der Waals surface area contributed by atoms with Crippen molar-refractivity contribution in [2.45, 2.75) is 51.5 Å². The van der Waals surface area contributed by atoms with Gasteiger partial charge < -0.3 is 10.3 Å². The van der Waals surface area contributed by atoms with E-state index in [2.05, 4.69) is 26.3 Å². The Hall–Kier alpha value is -2.42. The van der Waals surface area contributed by atoms with E-state index in [1.165, 1.54) is 0 Å². The SMILES string of the molecule is CC(C)(C#N)C(NC(=O)c1c[nH]c2ncc(C3CC3)nc12)C1CC1. The van der Waals surface area contributed by atoms with Gasteiger partial charge in [-0.1, -0.05) is 0 Å². The van der Waals surface area contributed by atoms with Crippen molar-refractivity contribution in [1.29, 1.82) is 5.26 Å². The van der Waals surface area contributed by atoms with Crippen LogP contribution < -0.4 is 5.32 Å². The summed E-state index contributed by atoms with van der Waals surface area (Å²) in [5, 5.41) is 12.5. The summed E-state index contributed by atoms with van der Waals surface area (Å²) in [5.74, 6) is 0.704. The fraction of sp³-hybridized carbons (Fsp3) is 0.556. The van der Waals surface area contributed by atoms with Crippen LogP contribution in [-0.2, 0) is 0 Å². The minimum absolute atomic E-state index is 0.139. The molecule has 2 fully saturated rings. The molecule has 0 aliphatic heterocycles. The molecule has 0 spiro atoms. The normalized spacial score (nSPS) is 19.0. The summed E-state index contributed by atoms with van der Waals surface area (Å²) in [7, 11) is 0. The highest BCUT2D eigenvalue weighted by molar-refractivity contribution is 6.04. The summed E-state index contributed by atoms with van der Waals surface area (Å²) in [5.41, 5.74) is 2.15. The van der Waals surface area contributed by atoms with Gasteiger partial charge in [0.25, 0.3) is 5.91 Å². The number of amides is 1. The Balaban J connectivity index is 1.63. The van der Waals surface area contributed by atoms with Crippen molar-refractivity contribution >= 4 is 17.1 Å². The molecule has 124 valence electrons. The number of nitrogens with one attached hydrogen (secondary N) is 2. The molecule has 2 aromatic heterocycles. The third-order valence-electron chi connectivity index (χ3n) is 5.09. The molecule has 2 saturated carbocycles. The Morgan fingerprint density at radius 1 is 1.42 bits per heavy atom. The molecule has 1 amide bonds. The van der Waals surface area contributed by atoms with Gasteiger partial charge in [-0.05, 0) is 45.4 Å². The van der Waals surface area contributed by atoms with Crippen molar-refractivity contribution in [2.24, 2.45) is 11.3 Å². The van der Waals surface area contributed by atoms with Crippen LogP contribution in [0.1, 0.15) is 61.5 Å². The van der Waals surface area contributed by atoms with Crippen molar-refractivity contribution < 1.29 is 4.79 Å². The predicted molar refractivity (Wildman–Crippen MR) is 89.2 cm³/mol. The number of nitrogens with zero attached hydrogens (tertiary/aromatic N) is 3. The average molecular weight is 323 g/mol. The van der Waals surface area contributed by atoms with E-state index in [-0.39, 0.29) is 11.9 Å². The molecule has 24 heavy (non-hydrogen) atoms. The Bertz CT molecular complexity index is 839. The van der Waals surface area contributed by atoms with Crippen molar-refractivity contribution in [3.8, 4) is 6.07 Å². The number of hydrogen-bond donors (Lipinski definition) is 2. The van der Waals surface area contributed by atoms with Crippen LogP contribution in [0.5, 0.6) is 0 Å². The number of rotatable bonds is 5. The molecule has 6 heteroatoms. The van der Waals surface area contributed by atoms with Crippen LogP contribution in [0.15, 0.2) is 12.4 Å². The highest BCUT2D eigenvalue weighted by Crippen LogP contribution is 2.41. The van der Waals surface area contributed by atoms with Crippen LogP contribution >= 0.6 is 0 Å². The lowest BCUT2D eigenvalue weighted by Crippen LogP contribution is -2.46. The first-order chi connectivity index (χ1) is 11.5. The van der Waals surface area contributed by atoms with E-state index in [4.69, 9.17) is 0 Å². The number of fused-ring (bicyclic) bond motifs is 1. The first-order valence-corrected chi connectivity index (χ1v) is 8.56. The molecule has 2 aromatic rings. The second-order valence-corrected chi connectivity index (χ2v) is 7.59. The maximum Gasteiger partial charge on any atom is 0.255 e. The second kappa shape index (κ2) is 5.30. The summed E-state index contributed by atoms with van der Waals surface area (Å²) in [6, 6.07) is 2.19. The summed E-state index contributed by atoms with van der Waals surface area (Å²) < 4.78 is 0. The Kier molecular flexibility index (Phi) is 3.34. The maximum atomic E-state index is 12.8. The van der Waals surface area contributed by atoms with Gasteiger partial charge in [0, 0.05) is 12.1 Å². The van der Waals surface area contributed by atoms with Crippen molar-refractivity contribution in [2.75, 3.05) is 0 Å². The molecular weight excluding hydrogens is 302 g/mol. The average Bonchev–Trinajstić information content (AvgIpc) is 3.48. The number of nitriles is 1. The summed E-state index contributed by atoms with van der Waals surface area (Å²) in [6.45, 7) is 3.77. The van der Waals surface area contributed by atoms with Crippen LogP contribution in [0.25, 0.3) is 11.2 Å². The zero-order valence-electron chi connectivity index (χ0n) is 14.0. The lowest BCUT2D eigenvalue weighted by atomic mass is 9.83. The number of carbonyl (C=O) groups is 1. The van der Waals surface area contributed by atoms with Crippen LogP contribution in [0, 0.1) is 22.7 Å². The lowest BCUT2D eigenvalue weighted by molar-refractivity contribution is 0.0905. The number of hydrogen-bond acceptors (Lipinski definition) is 4. The van der Waals surface area contributed by atoms with Gasteiger partial charge in [-0.25, -0.2) is 9.97 Å². The van der Waals surface area contributed by atoms with Gasteiger partial charge in [0.05, 0.1) is 35.0 Å². The molecule has 4 rings (SSSR count). The minimum atomic E-state index is -0.589. The van der Waals surface area contributed by atoms with Crippen LogP contribution in [0.2, 0.25) is 0 Å². The monoisotopic (exact) mass is 323 g/mol. The van der Waals surface area contributed by atoms with Crippen LogP contribution in [0.3, 0.4) is 0 Å². The highest BCUT2D eigenvalue weighted by atomic mass is 16.1. The topological polar surface area (TPSA) is 94.5 Å². The molecule has 0 saturated heterocycles. The third-order valence-corrected chi connectivity index (χ3v) is 5.09. The molecule has 6 nitrogen and oxygen atoms in total. The molecule has 2 aliphatic carbocycles. The fourth-order valence-corrected chi connectivity index (χ4v) is 3.26. The fourth-order valence-electron chi connectivity index (χ4n) is 3.26. The Morgan fingerprint density at radius 3 is 2.79 bits per heavy atom. The summed E-state index contributed by atoms with van der Waals surface area (Å²) in [6.07, 6.45) is 7.88. The van der Waals surface area contributed by atoms with Crippen molar-refractivity contribution in [3.63, 3.8) is 0 Å². The lowest BCUT2D eigenvalue weighted by Gasteiger charge is -2.29. The van der Waals surface area contributed by atoms with E-state index in [1.807, 2.05) is 13.8 Å². The van der Waals surface area contributed by atoms with Crippen molar-refractivity contribution in [3.05, 3.63) is 23.7 Å². The molecule has 2 N–H and O–H groups in total. The van der Waals surface area contributed by atoms with E-state index < -0.39 is 5.41 Å². The van der Waals surface area contributed by atoms with E-state index in [1.54, 1.807) is 12.4 Å². The number of H-pyrrole nitrogens is 1. The quantitative estimate of drug-likeness (QED) is 0.884. The zero-order valence-corrected chi connectivity index (χ0v) is 14.0. The Morgan fingerprint density at radius 2 is 2.17 bits per heavy atom. The van der Waals surface area contributed by atoms with Gasteiger partial charge in [0.1, 0.15) is 5.52 Å². The largest absolute Gasteiger partial charge is 0.347 e. The number of aromatic nitrogens is 3. The van der Waals surface area contributed by atoms with E-state index in [0.717, 1.165) is 31.4 Å². The standard InChI is InChI=1S/C18H21N5O/c1-18(2,9-19)15(11-5-6-11)23-17(24)12-7-20-16-14(12)22-13(8-21-16)10-3-4-10/h7-8,10-11,15H,3-6H2,1-2H3,(H,20,21)(H,23,24). The van der Waals surface area contributed by atoms with Gasteiger partial charge in [0.2, 0.25) is 0 Å². The van der Waals surface area contributed by atoms with Gasteiger partial charge >= 0.3 is 0 Å². The number of aromatic amines is 1. The van der Waals surface area contributed by atoms with Crippen LogP contribution in [0.4, 0.5) is 0 Å². The van der Waals surface area contributed by atoms with Gasteiger partial charge in [0.15, 0.2) is 5.65 Å². The molecule has 0 bridgehead atoms. The van der Waals surface area contributed by atoms with Gasteiger partial charge in [-0.3, -0.25) is 4.79 Å². The van der Waals surface area contributed by atoms with E-state index in [9.17, 15) is 10.1 Å². The third kappa shape index (κ3) is 2.64. The molecular formula is C18H21N5O. The van der Waals surface area contributed by atoms with E-state index >= 15 is 0 Å². The molecule has 2 heterocycles. The molecule has 1 atom stereocenters. The first kappa shape index (κ1) is 15.1. The first-order valence-electron chi connectivity index (χ1n) is 8.56. The summed E-state index contributed by atoms with van der Waals surface area (Å²) in [4.78, 5) is 24.9. The molecule has 1 unspecified atom stereocenters. The zero-order chi connectivity index (χ0) is 16.9. The minimum Gasteiger partial charge on any atom is -0.347 e. The van der Waals surface area contributed by atoms with Crippen LogP contribution in [-0.4, -0.2) is 26.9 Å². The highest BCUT2D eigenvalue weighted by Gasteiger charge is 2.42. The smallest absolute Gasteiger partial charge is 0.255 e. The molecule has 2 aliphatic rings. The van der Waals surface area contributed by atoms with Gasteiger partial charge in [-0.15, -0.1) is 0 Å². The molecule has 0 aromatic carbocycles. The van der Waals surface area contributed by atoms with E-state index in [0.29, 0.717) is 28.6 Å². The molecule has 0 radical (unpaired) electrons. The number of carbonyl (C=O) groups excluding carboxylic acids is 1. The Labute approximate surface area is 140 Å².